The summed E-state index contributed by atoms with van der Waals surface area (Å²) in [6.45, 7) is 8.67. The van der Waals surface area contributed by atoms with Crippen LogP contribution < -0.4 is 0 Å². The number of nitrogens with zero attached hydrogens (tertiary/aromatic N) is 4. The van der Waals surface area contributed by atoms with Gasteiger partial charge >= 0.3 is 0 Å². The largest absolute Gasteiger partial charge is 0.381 e. The minimum Gasteiger partial charge on any atom is -0.381 e. The predicted molar refractivity (Wildman–Crippen MR) is 115 cm³/mol. The van der Waals surface area contributed by atoms with Gasteiger partial charge < -0.3 is 19.1 Å². The molecular formula is C24H32N4O2. The Hall–Kier alpha value is -2.18. The van der Waals surface area contributed by atoms with Crippen molar-refractivity contribution in [3.63, 3.8) is 0 Å². The molecule has 3 aliphatic rings. The van der Waals surface area contributed by atoms with Gasteiger partial charge in [-0.1, -0.05) is 24.3 Å². The Bertz CT molecular complexity index is 862. The van der Waals surface area contributed by atoms with Crippen LogP contribution in [0.2, 0.25) is 0 Å². The third-order valence-electron chi connectivity index (χ3n) is 7.33. The van der Waals surface area contributed by atoms with Crippen LogP contribution in [0.1, 0.15) is 30.0 Å². The molecule has 1 amide bonds. The summed E-state index contributed by atoms with van der Waals surface area (Å²) in [6, 6.07) is 8.84. The molecule has 0 N–H and O–H groups in total. The molecule has 0 spiro atoms. The minimum atomic E-state index is 0.126. The van der Waals surface area contributed by atoms with Gasteiger partial charge in [-0.25, -0.2) is 4.98 Å². The third kappa shape index (κ3) is 3.79. The smallest absolute Gasteiger partial charge is 0.226 e. The van der Waals surface area contributed by atoms with Crippen molar-refractivity contribution in [1.82, 2.24) is 19.4 Å². The number of ether oxygens (including phenoxy) is 1. The van der Waals surface area contributed by atoms with Crippen molar-refractivity contribution in [3.05, 3.63) is 54.1 Å². The number of fused-ring (bicyclic) bond motifs is 1. The fourth-order valence-corrected chi connectivity index (χ4v) is 5.72. The molecular weight excluding hydrogens is 376 g/mol. The Morgan fingerprint density at radius 1 is 1.13 bits per heavy atom. The van der Waals surface area contributed by atoms with E-state index in [1.54, 1.807) is 0 Å². The number of aryl methyl sites for hydroxylation is 1. The molecule has 0 aliphatic carbocycles. The van der Waals surface area contributed by atoms with Gasteiger partial charge in [-0.2, -0.15) is 0 Å². The Labute approximate surface area is 178 Å². The summed E-state index contributed by atoms with van der Waals surface area (Å²) in [5.74, 6) is 1.55. The monoisotopic (exact) mass is 408 g/mol. The molecule has 30 heavy (non-hydrogen) atoms. The summed E-state index contributed by atoms with van der Waals surface area (Å²) < 4.78 is 7.65. The molecule has 3 saturated heterocycles. The maximum Gasteiger partial charge on any atom is 0.226 e. The molecule has 0 saturated carbocycles. The summed E-state index contributed by atoms with van der Waals surface area (Å²) in [5.41, 5.74) is 2.63. The van der Waals surface area contributed by atoms with Crippen LogP contribution >= 0.6 is 0 Å². The highest BCUT2D eigenvalue weighted by atomic mass is 16.5. The number of hydrogen-bond acceptors (Lipinski definition) is 4. The molecule has 0 bridgehead atoms. The number of carbonyl (C=O) groups is 1. The van der Waals surface area contributed by atoms with E-state index in [2.05, 4.69) is 50.5 Å². The van der Waals surface area contributed by atoms with Crippen molar-refractivity contribution in [2.75, 3.05) is 39.4 Å². The van der Waals surface area contributed by atoms with Crippen LogP contribution in [0.15, 0.2) is 43.0 Å². The molecule has 2 aromatic rings. The second kappa shape index (κ2) is 8.52. The molecule has 5 rings (SSSR count). The van der Waals surface area contributed by atoms with Crippen LogP contribution in [0, 0.1) is 24.7 Å². The number of likely N-dealkylation sites (tertiary alicyclic amines) is 2. The molecule has 3 fully saturated rings. The number of amides is 1. The van der Waals surface area contributed by atoms with E-state index < -0.39 is 0 Å². The third-order valence-corrected chi connectivity index (χ3v) is 7.33. The van der Waals surface area contributed by atoms with Crippen LogP contribution in [0.4, 0.5) is 0 Å². The number of rotatable bonds is 5. The minimum absolute atomic E-state index is 0.126. The highest BCUT2D eigenvalue weighted by molar-refractivity contribution is 5.80. The van der Waals surface area contributed by atoms with Gasteiger partial charge in [-0.15, -0.1) is 0 Å². The van der Waals surface area contributed by atoms with E-state index in [4.69, 9.17) is 4.74 Å². The number of hydrogen-bond donors (Lipinski definition) is 0. The quantitative estimate of drug-likeness (QED) is 0.763. The standard InChI is InChI=1S/C24H32N4O2/c1-18-4-2-3-5-21(18)23-22-16-27(11-10-26-9-8-25-17-26)14-20(22)15-28(23)24(29)19-6-12-30-13-7-19/h2-5,8-9,17,19-20,22-23H,6-7,10-16H2,1H3/t20-,22-,23+/m0/s1. The molecule has 3 atom stereocenters. The van der Waals surface area contributed by atoms with Crippen molar-refractivity contribution in [2.45, 2.75) is 32.4 Å². The van der Waals surface area contributed by atoms with Crippen molar-refractivity contribution in [1.29, 1.82) is 0 Å². The summed E-state index contributed by atoms with van der Waals surface area (Å²) in [4.78, 5) is 22.5. The first kappa shape index (κ1) is 19.8. The van der Waals surface area contributed by atoms with E-state index in [1.807, 2.05) is 18.7 Å². The molecule has 0 radical (unpaired) electrons. The van der Waals surface area contributed by atoms with Gasteiger partial charge in [0.1, 0.15) is 0 Å². The first-order valence-electron chi connectivity index (χ1n) is 11.3. The van der Waals surface area contributed by atoms with Gasteiger partial charge in [-0.3, -0.25) is 4.79 Å². The Morgan fingerprint density at radius 3 is 2.73 bits per heavy atom. The molecule has 1 aromatic heterocycles. The van der Waals surface area contributed by atoms with Gasteiger partial charge in [0.05, 0.1) is 12.4 Å². The van der Waals surface area contributed by atoms with Crippen LogP contribution in [0.25, 0.3) is 0 Å². The SMILES string of the molecule is Cc1ccccc1[C@@H]1[C@H]2CN(CCn3ccnc3)C[C@H]2CN1C(=O)C1CCOCC1. The van der Waals surface area contributed by atoms with Gasteiger partial charge in [-0.05, 0) is 36.8 Å². The molecule has 0 unspecified atom stereocenters. The first-order chi connectivity index (χ1) is 14.7. The molecule has 1 aromatic carbocycles. The Balaban J connectivity index is 1.35. The van der Waals surface area contributed by atoms with Crippen molar-refractivity contribution < 1.29 is 9.53 Å². The predicted octanol–water partition coefficient (Wildman–Crippen LogP) is 2.75. The van der Waals surface area contributed by atoms with Crippen molar-refractivity contribution in [2.24, 2.45) is 17.8 Å². The van der Waals surface area contributed by atoms with E-state index >= 15 is 0 Å². The molecule has 4 heterocycles. The van der Waals surface area contributed by atoms with Gasteiger partial charge in [0, 0.05) is 70.2 Å². The zero-order valence-corrected chi connectivity index (χ0v) is 17.8. The zero-order valence-electron chi connectivity index (χ0n) is 17.8. The fourth-order valence-electron chi connectivity index (χ4n) is 5.72. The maximum atomic E-state index is 13.5. The van der Waals surface area contributed by atoms with E-state index in [9.17, 15) is 4.79 Å². The van der Waals surface area contributed by atoms with E-state index in [-0.39, 0.29) is 12.0 Å². The van der Waals surface area contributed by atoms with Crippen LogP contribution in [-0.4, -0.2) is 64.7 Å². The van der Waals surface area contributed by atoms with Gasteiger partial charge in [0.25, 0.3) is 0 Å². The van der Waals surface area contributed by atoms with Crippen LogP contribution in [0.3, 0.4) is 0 Å². The number of imidazole rings is 1. The lowest BCUT2D eigenvalue weighted by atomic mass is 9.87. The number of benzene rings is 1. The summed E-state index contributed by atoms with van der Waals surface area (Å²) in [7, 11) is 0. The molecule has 6 nitrogen and oxygen atoms in total. The van der Waals surface area contributed by atoms with E-state index in [0.29, 0.717) is 31.0 Å². The first-order valence-corrected chi connectivity index (χ1v) is 11.3. The van der Waals surface area contributed by atoms with Crippen molar-refractivity contribution in [3.8, 4) is 0 Å². The fraction of sp³-hybridized carbons (Fsp3) is 0.583. The van der Waals surface area contributed by atoms with Gasteiger partial charge in [0.15, 0.2) is 0 Å². The summed E-state index contributed by atoms with van der Waals surface area (Å²) in [5, 5.41) is 0. The average Bonchev–Trinajstić information content (AvgIpc) is 3.49. The van der Waals surface area contributed by atoms with Crippen molar-refractivity contribution >= 4 is 5.91 Å². The van der Waals surface area contributed by atoms with E-state index in [0.717, 1.165) is 45.6 Å². The lowest BCUT2D eigenvalue weighted by Crippen LogP contribution is -2.41. The highest BCUT2D eigenvalue weighted by Gasteiger charge is 2.50. The number of aromatic nitrogens is 2. The second-order valence-electron chi connectivity index (χ2n) is 9.16. The highest BCUT2D eigenvalue weighted by Crippen LogP contribution is 2.46. The Morgan fingerprint density at radius 2 is 1.97 bits per heavy atom. The summed E-state index contributed by atoms with van der Waals surface area (Å²) in [6.07, 6.45) is 7.49. The maximum absolute atomic E-state index is 13.5. The normalized spacial score (nSPS) is 27.5. The Kier molecular flexibility index (Phi) is 5.61. The van der Waals surface area contributed by atoms with Gasteiger partial charge in [0.2, 0.25) is 5.91 Å². The van der Waals surface area contributed by atoms with Crippen LogP contribution in [-0.2, 0) is 16.1 Å². The van der Waals surface area contributed by atoms with E-state index in [1.165, 1.54) is 11.1 Å². The lowest BCUT2D eigenvalue weighted by Gasteiger charge is -2.34. The zero-order chi connectivity index (χ0) is 20.5. The molecule has 160 valence electrons. The lowest BCUT2D eigenvalue weighted by molar-refractivity contribution is -0.140. The average molecular weight is 409 g/mol. The number of carbonyl (C=O) groups excluding carboxylic acids is 1. The summed E-state index contributed by atoms with van der Waals surface area (Å²) >= 11 is 0. The van der Waals surface area contributed by atoms with Crippen LogP contribution in [0.5, 0.6) is 0 Å². The second-order valence-corrected chi connectivity index (χ2v) is 9.16. The molecule has 6 heteroatoms. The topological polar surface area (TPSA) is 50.6 Å². The molecule has 3 aliphatic heterocycles.